The van der Waals surface area contributed by atoms with Crippen LogP contribution in [0.3, 0.4) is 0 Å². The number of nitrogens with zero attached hydrogens (tertiary/aromatic N) is 4. The third kappa shape index (κ3) is 3.16. The molecule has 3 rings (SSSR count). The highest BCUT2D eigenvalue weighted by molar-refractivity contribution is 5.50. The Morgan fingerprint density at radius 2 is 2.29 bits per heavy atom. The maximum Gasteiger partial charge on any atom is 0.157 e. The minimum absolute atomic E-state index is 0.377. The Morgan fingerprint density at radius 1 is 1.43 bits per heavy atom. The monoisotopic (exact) mass is 288 g/mol. The average Bonchev–Trinajstić information content (AvgIpc) is 3.05. The number of hydrogen-bond donors (Lipinski definition) is 2. The molecule has 2 N–H and O–H groups in total. The maximum atomic E-state index is 4.75. The van der Waals surface area contributed by atoms with E-state index < -0.39 is 0 Å². The summed E-state index contributed by atoms with van der Waals surface area (Å²) in [5, 5.41) is 11.7. The van der Waals surface area contributed by atoms with E-state index in [1.54, 1.807) is 0 Å². The molecule has 2 aromatic heterocycles. The van der Waals surface area contributed by atoms with Crippen molar-refractivity contribution in [1.82, 2.24) is 24.8 Å². The molecule has 1 saturated heterocycles. The van der Waals surface area contributed by atoms with Crippen LogP contribution in [0.4, 0.5) is 5.82 Å². The lowest BCUT2D eigenvalue weighted by molar-refractivity contribution is 0.425. The lowest BCUT2D eigenvalue weighted by atomic mass is 10.2. The van der Waals surface area contributed by atoms with Crippen LogP contribution < -0.4 is 10.6 Å². The Bertz CT molecular complexity index is 612. The number of hydrogen-bond acceptors (Lipinski definition) is 5. The normalized spacial score (nSPS) is 18.8. The van der Waals surface area contributed by atoms with Gasteiger partial charge in [-0.25, -0.2) is 4.98 Å². The molecule has 0 aromatic carbocycles. The molecule has 6 heteroatoms. The molecule has 1 atom stereocenters. The summed E-state index contributed by atoms with van der Waals surface area (Å²) in [6, 6.07) is 4.54. The van der Waals surface area contributed by atoms with E-state index in [9.17, 15) is 0 Å². The number of fused-ring (bicyclic) bond motifs is 1. The van der Waals surface area contributed by atoms with Crippen LogP contribution in [0.1, 0.15) is 30.3 Å². The van der Waals surface area contributed by atoms with E-state index in [0.717, 1.165) is 48.9 Å². The summed E-state index contributed by atoms with van der Waals surface area (Å²) < 4.78 is 1.93. The number of anilines is 1. The maximum absolute atomic E-state index is 4.75. The van der Waals surface area contributed by atoms with Crippen LogP contribution in [0, 0.1) is 6.92 Å². The van der Waals surface area contributed by atoms with Gasteiger partial charge in [-0.2, -0.15) is 9.61 Å². The zero-order valence-corrected chi connectivity index (χ0v) is 13.1. The molecule has 0 aliphatic carbocycles. The van der Waals surface area contributed by atoms with Gasteiger partial charge in [0.05, 0.1) is 11.7 Å². The summed E-state index contributed by atoms with van der Waals surface area (Å²) in [5.41, 5.74) is 3.04. The fourth-order valence-electron chi connectivity index (χ4n) is 2.76. The quantitative estimate of drug-likeness (QED) is 0.872. The van der Waals surface area contributed by atoms with E-state index in [1.807, 2.05) is 11.4 Å². The highest BCUT2D eigenvalue weighted by Crippen LogP contribution is 2.24. The third-order valence-electron chi connectivity index (χ3n) is 3.86. The van der Waals surface area contributed by atoms with Gasteiger partial charge < -0.3 is 15.5 Å². The number of rotatable bonds is 5. The lowest BCUT2D eigenvalue weighted by Gasteiger charge is -2.12. The lowest BCUT2D eigenvalue weighted by Crippen LogP contribution is -2.22. The second-order valence-electron chi connectivity index (χ2n) is 6.00. The predicted molar refractivity (Wildman–Crippen MR) is 84.7 cm³/mol. The summed E-state index contributed by atoms with van der Waals surface area (Å²) in [6.07, 6.45) is 2.38. The first kappa shape index (κ1) is 14.3. The van der Waals surface area contributed by atoms with E-state index in [0.29, 0.717) is 6.04 Å². The molecule has 0 spiro atoms. The van der Waals surface area contributed by atoms with E-state index in [4.69, 9.17) is 5.10 Å². The smallest absolute Gasteiger partial charge is 0.157 e. The summed E-state index contributed by atoms with van der Waals surface area (Å²) >= 11 is 0. The van der Waals surface area contributed by atoms with E-state index in [2.05, 4.69) is 46.7 Å². The summed E-state index contributed by atoms with van der Waals surface area (Å²) in [5.74, 6) is 1.02. The average molecular weight is 288 g/mol. The van der Waals surface area contributed by atoms with Gasteiger partial charge in [-0.1, -0.05) is 0 Å². The van der Waals surface area contributed by atoms with Crippen molar-refractivity contribution in [3.8, 4) is 0 Å². The Hall–Kier alpha value is -1.66. The second kappa shape index (κ2) is 5.99. The van der Waals surface area contributed by atoms with Gasteiger partial charge in [0.25, 0.3) is 0 Å². The molecule has 2 aromatic rings. The zero-order valence-electron chi connectivity index (χ0n) is 13.1. The first-order valence-corrected chi connectivity index (χ1v) is 7.63. The van der Waals surface area contributed by atoms with Crippen LogP contribution in [0.2, 0.25) is 0 Å². The molecule has 114 valence electrons. The number of likely N-dealkylation sites (N-methyl/N-ethyl adjacent to an activating group) is 1. The minimum atomic E-state index is 0.377. The van der Waals surface area contributed by atoms with Crippen molar-refractivity contribution in [2.45, 2.75) is 25.8 Å². The van der Waals surface area contributed by atoms with Gasteiger partial charge >= 0.3 is 0 Å². The topological polar surface area (TPSA) is 57.5 Å². The molecule has 0 radical (unpaired) electrons. The Morgan fingerprint density at radius 3 is 3.00 bits per heavy atom. The molecule has 1 fully saturated rings. The Balaban J connectivity index is 1.87. The zero-order chi connectivity index (χ0) is 14.8. The van der Waals surface area contributed by atoms with Gasteiger partial charge in [0.1, 0.15) is 5.82 Å². The van der Waals surface area contributed by atoms with Crippen molar-refractivity contribution >= 4 is 11.5 Å². The first-order valence-electron chi connectivity index (χ1n) is 7.63. The molecule has 3 heterocycles. The SMILES string of the molecule is Cc1cc(NCCN(C)C)n2nc(C3CCCN3)cc2n1. The van der Waals surface area contributed by atoms with Gasteiger partial charge in [0.15, 0.2) is 5.65 Å². The molecule has 0 saturated carbocycles. The van der Waals surface area contributed by atoms with E-state index in [1.165, 1.54) is 6.42 Å². The Kier molecular flexibility index (Phi) is 4.07. The van der Waals surface area contributed by atoms with Crippen molar-refractivity contribution in [3.63, 3.8) is 0 Å². The molecule has 21 heavy (non-hydrogen) atoms. The highest BCUT2D eigenvalue weighted by Gasteiger charge is 2.20. The molecular weight excluding hydrogens is 264 g/mol. The number of aromatic nitrogens is 3. The number of nitrogens with one attached hydrogen (secondary N) is 2. The van der Waals surface area contributed by atoms with Gasteiger partial charge in [0, 0.05) is 30.9 Å². The van der Waals surface area contributed by atoms with Crippen LogP contribution in [0.25, 0.3) is 5.65 Å². The summed E-state index contributed by atoms with van der Waals surface area (Å²) in [6.45, 7) is 4.99. The molecule has 0 bridgehead atoms. The molecule has 1 aliphatic rings. The first-order chi connectivity index (χ1) is 10.1. The number of aryl methyl sites for hydroxylation is 1. The standard InChI is InChI=1S/C15H24N6/c1-11-9-14(17-7-8-20(2)3)21-15(18-11)10-13(19-21)12-5-4-6-16-12/h9-10,12,16-17H,4-8H2,1-3H3. The Labute approximate surface area is 125 Å². The molecular formula is C15H24N6. The van der Waals surface area contributed by atoms with Gasteiger partial charge in [-0.15, -0.1) is 0 Å². The third-order valence-corrected chi connectivity index (χ3v) is 3.86. The van der Waals surface area contributed by atoms with Crippen LogP contribution >= 0.6 is 0 Å². The molecule has 1 aliphatic heterocycles. The van der Waals surface area contributed by atoms with Crippen molar-refractivity contribution in [3.05, 3.63) is 23.5 Å². The summed E-state index contributed by atoms with van der Waals surface area (Å²) in [4.78, 5) is 6.76. The highest BCUT2D eigenvalue weighted by atomic mass is 15.3. The van der Waals surface area contributed by atoms with Gasteiger partial charge in [-0.3, -0.25) is 0 Å². The fourth-order valence-corrected chi connectivity index (χ4v) is 2.76. The second-order valence-corrected chi connectivity index (χ2v) is 6.00. The van der Waals surface area contributed by atoms with Crippen LogP contribution in [-0.4, -0.2) is 53.2 Å². The summed E-state index contributed by atoms with van der Waals surface area (Å²) in [7, 11) is 4.15. The molecule has 6 nitrogen and oxygen atoms in total. The largest absolute Gasteiger partial charge is 0.369 e. The predicted octanol–water partition coefficient (Wildman–Crippen LogP) is 1.44. The van der Waals surface area contributed by atoms with Crippen molar-refractivity contribution in [2.75, 3.05) is 39.0 Å². The van der Waals surface area contributed by atoms with E-state index >= 15 is 0 Å². The van der Waals surface area contributed by atoms with Gasteiger partial charge in [-0.05, 0) is 40.4 Å². The fraction of sp³-hybridized carbons (Fsp3) is 0.600. The van der Waals surface area contributed by atoms with Crippen molar-refractivity contribution in [2.24, 2.45) is 0 Å². The van der Waals surface area contributed by atoms with E-state index in [-0.39, 0.29) is 0 Å². The molecule has 0 amide bonds. The molecule has 1 unspecified atom stereocenters. The van der Waals surface area contributed by atoms with Crippen LogP contribution in [0.15, 0.2) is 12.1 Å². The van der Waals surface area contributed by atoms with Crippen molar-refractivity contribution < 1.29 is 0 Å². The van der Waals surface area contributed by atoms with Gasteiger partial charge in [0.2, 0.25) is 0 Å². The van der Waals surface area contributed by atoms with Crippen molar-refractivity contribution in [1.29, 1.82) is 0 Å². The van der Waals surface area contributed by atoms with Crippen LogP contribution in [0.5, 0.6) is 0 Å². The minimum Gasteiger partial charge on any atom is -0.369 e. The van der Waals surface area contributed by atoms with Crippen LogP contribution in [-0.2, 0) is 0 Å².